The lowest BCUT2D eigenvalue weighted by atomic mass is 10.2. The highest BCUT2D eigenvalue weighted by molar-refractivity contribution is 7.91. The normalized spacial score (nSPS) is 19.1. The second-order valence-corrected chi connectivity index (χ2v) is 7.84. The zero-order valence-corrected chi connectivity index (χ0v) is 14.0. The Morgan fingerprint density at radius 2 is 2.13 bits per heavy atom. The van der Waals surface area contributed by atoms with Crippen LogP contribution >= 0.6 is 11.6 Å². The highest BCUT2D eigenvalue weighted by Gasteiger charge is 2.28. The number of ether oxygens (including phenoxy) is 1. The Labute approximate surface area is 139 Å². The topological polar surface area (TPSA) is 102 Å². The Morgan fingerprint density at radius 1 is 1.39 bits per heavy atom. The number of esters is 1. The number of carbonyl (C=O) groups is 2. The SMILES string of the molecule is COC(=O)c1ccc(Cl)c(NCC(=O)NC2CCS(=O)(=O)C2)c1. The molecular formula is C14H17ClN2O5S. The van der Waals surface area contributed by atoms with Crippen LogP contribution in [0.2, 0.25) is 5.02 Å². The van der Waals surface area contributed by atoms with E-state index < -0.39 is 15.8 Å². The second-order valence-electron chi connectivity index (χ2n) is 5.21. The fourth-order valence-corrected chi connectivity index (χ4v) is 4.13. The first kappa shape index (κ1) is 17.6. The molecule has 2 N–H and O–H groups in total. The Bertz CT molecular complexity index is 720. The van der Waals surface area contributed by atoms with Gasteiger partial charge in [-0.05, 0) is 24.6 Å². The van der Waals surface area contributed by atoms with Crippen LogP contribution < -0.4 is 10.6 Å². The largest absolute Gasteiger partial charge is 0.465 e. The molecule has 2 rings (SSSR count). The molecule has 1 aliphatic heterocycles. The summed E-state index contributed by atoms with van der Waals surface area (Å²) in [6.45, 7) is -0.0824. The van der Waals surface area contributed by atoms with Gasteiger partial charge in [-0.25, -0.2) is 13.2 Å². The van der Waals surface area contributed by atoms with Gasteiger partial charge in [-0.3, -0.25) is 4.79 Å². The molecule has 1 saturated heterocycles. The third-order valence-corrected chi connectivity index (χ3v) is 5.52. The van der Waals surface area contributed by atoms with Crippen molar-refractivity contribution >= 4 is 39.0 Å². The number of nitrogens with one attached hydrogen (secondary N) is 2. The number of hydrogen-bond donors (Lipinski definition) is 2. The lowest BCUT2D eigenvalue weighted by molar-refractivity contribution is -0.119. The minimum absolute atomic E-state index is 0.0304. The quantitative estimate of drug-likeness (QED) is 0.754. The summed E-state index contributed by atoms with van der Waals surface area (Å²) in [5.41, 5.74) is 0.727. The van der Waals surface area contributed by atoms with E-state index in [0.717, 1.165) is 0 Å². The van der Waals surface area contributed by atoms with Crippen molar-refractivity contribution < 1.29 is 22.7 Å². The molecule has 1 aromatic carbocycles. The van der Waals surface area contributed by atoms with Crippen molar-refractivity contribution in [2.24, 2.45) is 0 Å². The average Bonchev–Trinajstić information content (AvgIpc) is 2.84. The molecule has 0 radical (unpaired) electrons. The Hall–Kier alpha value is -1.80. The fraction of sp³-hybridized carbons (Fsp3) is 0.429. The molecule has 0 aliphatic carbocycles. The summed E-state index contributed by atoms with van der Waals surface area (Å²) in [4.78, 5) is 23.3. The van der Waals surface area contributed by atoms with Gasteiger partial charge in [0, 0.05) is 6.04 Å². The van der Waals surface area contributed by atoms with E-state index in [-0.39, 0.29) is 30.0 Å². The van der Waals surface area contributed by atoms with Gasteiger partial charge in [-0.1, -0.05) is 11.6 Å². The maximum Gasteiger partial charge on any atom is 0.337 e. The predicted molar refractivity (Wildman–Crippen MR) is 86.5 cm³/mol. The molecule has 1 fully saturated rings. The summed E-state index contributed by atoms with van der Waals surface area (Å²) in [6, 6.07) is 4.17. The third kappa shape index (κ3) is 4.84. The number of rotatable bonds is 5. The zero-order valence-electron chi connectivity index (χ0n) is 12.5. The molecule has 23 heavy (non-hydrogen) atoms. The summed E-state index contributed by atoms with van der Waals surface area (Å²) in [7, 11) is -1.77. The van der Waals surface area contributed by atoms with Gasteiger partial charge in [0.15, 0.2) is 9.84 Å². The van der Waals surface area contributed by atoms with Crippen LogP contribution in [0.25, 0.3) is 0 Å². The second kappa shape index (κ2) is 7.18. The Morgan fingerprint density at radius 3 is 2.74 bits per heavy atom. The lowest BCUT2D eigenvalue weighted by Gasteiger charge is -2.13. The van der Waals surface area contributed by atoms with Gasteiger partial charge in [0.25, 0.3) is 0 Å². The number of methoxy groups -OCH3 is 1. The Kier molecular flexibility index (Phi) is 5.48. The molecule has 0 spiro atoms. The molecule has 0 aromatic heterocycles. The summed E-state index contributed by atoms with van der Waals surface area (Å²) >= 11 is 6.01. The van der Waals surface area contributed by atoms with Crippen molar-refractivity contribution in [1.29, 1.82) is 0 Å². The lowest BCUT2D eigenvalue weighted by Crippen LogP contribution is -2.39. The summed E-state index contributed by atoms with van der Waals surface area (Å²) in [6.07, 6.45) is 0.423. The molecule has 1 aromatic rings. The fourth-order valence-electron chi connectivity index (χ4n) is 2.27. The van der Waals surface area contributed by atoms with Crippen molar-refractivity contribution in [2.45, 2.75) is 12.5 Å². The first-order chi connectivity index (χ1) is 10.8. The number of amides is 1. The van der Waals surface area contributed by atoms with Crippen molar-refractivity contribution in [3.05, 3.63) is 28.8 Å². The average molecular weight is 361 g/mol. The molecule has 7 nitrogen and oxygen atoms in total. The monoisotopic (exact) mass is 360 g/mol. The van der Waals surface area contributed by atoms with Gasteiger partial charge in [0.1, 0.15) is 0 Å². The summed E-state index contributed by atoms with van der Waals surface area (Å²) in [5.74, 6) is -0.785. The molecule has 0 saturated carbocycles. The molecule has 1 unspecified atom stereocenters. The molecule has 9 heteroatoms. The van der Waals surface area contributed by atoms with Gasteiger partial charge >= 0.3 is 5.97 Å². The van der Waals surface area contributed by atoms with Gasteiger partial charge < -0.3 is 15.4 Å². The highest BCUT2D eigenvalue weighted by Crippen LogP contribution is 2.23. The van der Waals surface area contributed by atoms with Crippen LogP contribution in [0, 0.1) is 0 Å². The first-order valence-corrected chi connectivity index (χ1v) is 9.12. The predicted octanol–water partition coefficient (Wildman–Crippen LogP) is 0.842. The van der Waals surface area contributed by atoms with Crippen molar-refractivity contribution in [2.75, 3.05) is 30.5 Å². The van der Waals surface area contributed by atoms with Crippen molar-refractivity contribution in [3.8, 4) is 0 Å². The van der Waals surface area contributed by atoms with E-state index >= 15 is 0 Å². The van der Waals surface area contributed by atoms with E-state index in [1.165, 1.54) is 25.3 Å². The van der Waals surface area contributed by atoms with E-state index in [1.807, 2.05) is 0 Å². The van der Waals surface area contributed by atoms with Crippen LogP contribution in [0.4, 0.5) is 5.69 Å². The van der Waals surface area contributed by atoms with Gasteiger partial charge in [0.2, 0.25) is 5.91 Å². The number of halogens is 1. The Balaban J connectivity index is 1.92. The number of anilines is 1. The minimum Gasteiger partial charge on any atom is -0.465 e. The molecule has 1 aliphatic rings. The molecule has 1 heterocycles. The van der Waals surface area contributed by atoms with Gasteiger partial charge in [0.05, 0.1) is 41.4 Å². The van der Waals surface area contributed by atoms with Crippen molar-refractivity contribution in [1.82, 2.24) is 5.32 Å². The van der Waals surface area contributed by atoms with Crippen LogP contribution in [-0.4, -0.2) is 51.5 Å². The molecular weight excluding hydrogens is 344 g/mol. The van der Waals surface area contributed by atoms with E-state index in [2.05, 4.69) is 15.4 Å². The van der Waals surface area contributed by atoms with Crippen LogP contribution in [0.15, 0.2) is 18.2 Å². The molecule has 1 atom stereocenters. The molecule has 1 amide bonds. The first-order valence-electron chi connectivity index (χ1n) is 6.92. The number of carbonyl (C=O) groups excluding carboxylic acids is 2. The maximum atomic E-state index is 11.9. The maximum absolute atomic E-state index is 11.9. The van der Waals surface area contributed by atoms with Gasteiger partial charge in [-0.2, -0.15) is 0 Å². The van der Waals surface area contributed by atoms with Crippen LogP contribution in [0.3, 0.4) is 0 Å². The zero-order chi connectivity index (χ0) is 17.0. The number of hydrogen-bond acceptors (Lipinski definition) is 6. The summed E-state index contributed by atoms with van der Waals surface area (Å²) in [5, 5.41) is 5.84. The van der Waals surface area contributed by atoms with Crippen LogP contribution in [-0.2, 0) is 19.4 Å². The highest BCUT2D eigenvalue weighted by atomic mass is 35.5. The smallest absolute Gasteiger partial charge is 0.337 e. The minimum atomic E-state index is -3.04. The standard InChI is InChI=1S/C14H17ClN2O5S/c1-22-14(19)9-2-3-11(15)12(6-9)16-7-13(18)17-10-4-5-23(20,21)8-10/h2-3,6,10,16H,4-5,7-8H2,1H3,(H,17,18). The number of benzene rings is 1. The molecule has 126 valence electrons. The third-order valence-electron chi connectivity index (χ3n) is 3.42. The van der Waals surface area contributed by atoms with Gasteiger partial charge in [-0.15, -0.1) is 0 Å². The summed E-state index contributed by atoms with van der Waals surface area (Å²) < 4.78 is 27.3. The van der Waals surface area contributed by atoms with Crippen LogP contribution in [0.5, 0.6) is 0 Å². The van der Waals surface area contributed by atoms with E-state index in [1.54, 1.807) is 0 Å². The van der Waals surface area contributed by atoms with E-state index in [0.29, 0.717) is 22.7 Å². The number of sulfone groups is 1. The van der Waals surface area contributed by atoms with Crippen molar-refractivity contribution in [3.63, 3.8) is 0 Å². The van der Waals surface area contributed by atoms with E-state index in [4.69, 9.17) is 11.6 Å². The molecule has 0 bridgehead atoms. The van der Waals surface area contributed by atoms with E-state index in [9.17, 15) is 18.0 Å². The van der Waals surface area contributed by atoms with Crippen LogP contribution in [0.1, 0.15) is 16.8 Å².